The van der Waals surface area contributed by atoms with Crippen LogP contribution in [-0.4, -0.2) is 30.5 Å². The van der Waals surface area contributed by atoms with Gasteiger partial charge in [0.15, 0.2) is 0 Å². The second-order valence-corrected chi connectivity index (χ2v) is 5.97. The lowest BCUT2D eigenvalue weighted by atomic mass is 9.89. The molecule has 1 aromatic rings. The lowest BCUT2D eigenvalue weighted by Gasteiger charge is -2.26. The van der Waals surface area contributed by atoms with E-state index < -0.39 is 6.10 Å². The van der Waals surface area contributed by atoms with Gasteiger partial charge in [-0.2, -0.15) is 0 Å². The number of ether oxygens (including phenoxy) is 1. The van der Waals surface area contributed by atoms with Crippen molar-refractivity contribution in [1.82, 2.24) is 0 Å². The standard InChI is InChI=1S/C16H24ClNO2/c17-13-5-3-4-12(10-13)15(11-18)16(19)8-7-14-6-1-2-9-20-14/h3-5,10,14-16,19H,1-2,6-9,11,18H2. The number of halogens is 1. The summed E-state index contributed by atoms with van der Waals surface area (Å²) in [5, 5.41) is 11.1. The predicted molar refractivity (Wildman–Crippen MR) is 82.1 cm³/mol. The van der Waals surface area contributed by atoms with Crippen LogP contribution in [0.5, 0.6) is 0 Å². The Kier molecular flexibility index (Phi) is 6.30. The van der Waals surface area contributed by atoms with Crippen molar-refractivity contribution in [2.45, 2.75) is 50.2 Å². The van der Waals surface area contributed by atoms with Gasteiger partial charge in [-0.05, 0) is 49.8 Å². The van der Waals surface area contributed by atoms with Gasteiger partial charge in [0.05, 0.1) is 12.2 Å². The lowest BCUT2D eigenvalue weighted by Crippen LogP contribution is -2.28. The molecule has 0 spiro atoms. The fraction of sp³-hybridized carbons (Fsp3) is 0.625. The first-order valence-electron chi connectivity index (χ1n) is 7.46. The number of aliphatic hydroxyl groups excluding tert-OH is 1. The summed E-state index contributed by atoms with van der Waals surface area (Å²) in [6.45, 7) is 1.28. The van der Waals surface area contributed by atoms with Crippen LogP contribution in [0.2, 0.25) is 5.02 Å². The maximum absolute atomic E-state index is 10.4. The monoisotopic (exact) mass is 297 g/mol. The van der Waals surface area contributed by atoms with Crippen LogP contribution >= 0.6 is 11.6 Å². The molecule has 0 bridgehead atoms. The molecule has 0 aromatic heterocycles. The maximum Gasteiger partial charge on any atom is 0.0621 e. The van der Waals surface area contributed by atoms with E-state index in [1.54, 1.807) is 0 Å². The van der Waals surface area contributed by atoms with E-state index >= 15 is 0 Å². The van der Waals surface area contributed by atoms with Gasteiger partial charge in [0.25, 0.3) is 0 Å². The molecule has 1 aliphatic heterocycles. The summed E-state index contributed by atoms with van der Waals surface area (Å²) in [5.41, 5.74) is 6.84. The Bertz CT molecular complexity index is 407. The highest BCUT2D eigenvalue weighted by molar-refractivity contribution is 6.30. The molecule has 1 saturated heterocycles. The minimum absolute atomic E-state index is 0.0581. The Hall–Kier alpha value is -0.610. The van der Waals surface area contributed by atoms with Gasteiger partial charge >= 0.3 is 0 Å². The fourth-order valence-electron chi connectivity index (χ4n) is 2.85. The van der Waals surface area contributed by atoms with Crippen molar-refractivity contribution in [3.05, 3.63) is 34.9 Å². The molecule has 3 unspecified atom stereocenters. The van der Waals surface area contributed by atoms with Gasteiger partial charge in [0, 0.05) is 24.1 Å². The number of hydrogen-bond donors (Lipinski definition) is 2. The van der Waals surface area contributed by atoms with E-state index in [9.17, 15) is 5.11 Å². The predicted octanol–water partition coefficient (Wildman–Crippen LogP) is 3.09. The van der Waals surface area contributed by atoms with Crippen LogP contribution in [0, 0.1) is 0 Å². The van der Waals surface area contributed by atoms with E-state index in [1.807, 2.05) is 24.3 Å². The zero-order valence-electron chi connectivity index (χ0n) is 11.8. The summed E-state index contributed by atoms with van der Waals surface area (Å²) < 4.78 is 5.70. The summed E-state index contributed by atoms with van der Waals surface area (Å²) in [5.74, 6) is -0.0581. The van der Waals surface area contributed by atoms with Crippen molar-refractivity contribution >= 4 is 11.6 Å². The molecule has 1 heterocycles. The smallest absolute Gasteiger partial charge is 0.0621 e. The molecule has 1 fully saturated rings. The molecule has 0 saturated carbocycles. The van der Waals surface area contributed by atoms with Crippen LogP contribution in [-0.2, 0) is 4.74 Å². The van der Waals surface area contributed by atoms with Crippen molar-refractivity contribution in [2.75, 3.05) is 13.2 Å². The number of benzene rings is 1. The van der Waals surface area contributed by atoms with Gasteiger partial charge in [-0.25, -0.2) is 0 Å². The molecule has 20 heavy (non-hydrogen) atoms. The van der Waals surface area contributed by atoms with Gasteiger partial charge in [0.2, 0.25) is 0 Å². The summed E-state index contributed by atoms with van der Waals surface area (Å²) >= 11 is 6.01. The third kappa shape index (κ3) is 4.45. The highest BCUT2D eigenvalue weighted by Gasteiger charge is 2.22. The Balaban J connectivity index is 1.89. The molecule has 3 atom stereocenters. The van der Waals surface area contributed by atoms with Crippen LogP contribution in [0.25, 0.3) is 0 Å². The third-order valence-electron chi connectivity index (χ3n) is 4.05. The molecule has 3 nitrogen and oxygen atoms in total. The SMILES string of the molecule is NCC(c1cccc(Cl)c1)C(O)CCC1CCCCO1. The van der Waals surface area contributed by atoms with E-state index in [4.69, 9.17) is 22.1 Å². The lowest BCUT2D eigenvalue weighted by molar-refractivity contribution is 0.000432. The zero-order chi connectivity index (χ0) is 14.4. The maximum atomic E-state index is 10.4. The second kappa shape index (κ2) is 7.99. The zero-order valence-corrected chi connectivity index (χ0v) is 12.6. The minimum Gasteiger partial charge on any atom is -0.392 e. The van der Waals surface area contributed by atoms with E-state index in [0.717, 1.165) is 37.9 Å². The fourth-order valence-corrected chi connectivity index (χ4v) is 3.04. The topological polar surface area (TPSA) is 55.5 Å². The van der Waals surface area contributed by atoms with Crippen LogP contribution in [0.4, 0.5) is 0 Å². The normalized spacial score (nSPS) is 22.4. The van der Waals surface area contributed by atoms with Gasteiger partial charge in [-0.15, -0.1) is 0 Å². The van der Waals surface area contributed by atoms with Crippen LogP contribution in [0.1, 0.15) is 43.6 Å². The third-order valence-corrected chi connectivity index (χ3v) is 4.29. The van der Waals surface area contributed by atoms with Crippen molar-refractivity contribution in [2.24, 2.45) is 5.73 Å². The number of nitrogens with two attached hydrogens (primary N) is 1. The van der Waals surface area contributed by atoms with Gasteiger partial charge in [-0.3, -0.25) is 0 Å². The summed E-state index contributed by atoms with van der Waals surface area (Å²) in [4.78, 5) is 0. The highest BCUT2D eigenvalue weighted by Crippen LogP contribution is 2.26. The van der Waals surface area contributed by atoms with E-state index in [2.05, 4.69) is 0 Å². The number of hydrogen-bond acceptors (Lipinski definition) is 3. The summed E-state index contributed by atoms with van der Waals surface area (Å²) in [6, 6.07) is 7.60. The average molecular weight is 298 g/mol. The molecular formula is C16H24ClNO2. The van der Waals surface area contributed by atoms with E-state index in [0.29, 0.717) is 17.7 Å². The Morgan fingerprint density at radius 3 is 2.90 bits per heavy atom. The molecule has 0 aliphatic carbocycles. The van der Waals surface area contributed by atoms with Gasteiger partial charge < -0.3 is 15.6 Å². The molecule has 4 heteroatoms. The molecule has 1 aromatic carbocycles. The Morgan fingerprint density at radius 2 is 2.25 bits per heavy atom. The summed E-state index contributed by atoms with van der Waals surface area (Å²) in [6.07, 6.45) is 4.98. The molecule has 1 aliphatic rings. The quantitative estimate of drug-likeness (QED) is 0.848. The average Bonchev–Trinajstić information content (AvgIpc) is 2.47. The van der Waals surface area contributed by atoms with Crippen molar-refractivity contribution in [3.63, 3.8) is 0 Å². The van der Waals surface area contributed by atoms with E-state index in [1.165, 1.54) is 6.42 Å². The first kappa shape index (κ1) is 15.8. The summed E-state index contributed by atoms with van der Waals surface area (Å²) in [7, 11) is 0. The van der Waals surface area contributed by atoms with Crippen LogP contribution in [0.15, 0.2) is 24.3 Å². The minimum atomic E-state index is -0.441. The largest absolute Gasteiger partial charge is 0.392 e. The molecule has 3 N–H and O–H groups in total. The van der Waals surface area contributed by atoms with E-state index in [-0.39, 0.29) is 5.92 Å². The first-order chi connectivity index (χ1) is 9.70. The second-order valence-electron chi connectivity index (χ2n) is 5.53. The van der Waals surface area contributed by atoms with Crippen LogP contribution in [0.3, 0.4) is 0 Å². The molecule has 0 radical (unpaired) electrons. The molecule has 0 amide bonds. The van der Waals surface area contributed by atoms with Crippen molar-refractivity contribution in [1.29, 1.82) is 0 Å². The Morgan fingerprint density at radius 1 is 1.40 bits per heavy atom. The Labute approximate surface area is 126 Å². The molecular weight excluding hydrogens is 274 g/mol. The number of aliphatic hydroxyl groups is 1. The molecule has 112 valence electrons. The molecule has 2 rings (SSSR count). The highest BCUT2D eigenvalue weighted by atomic mass is 35.5. The van der Waals surface area contributed by atoms with Crippen LogP contribution < -0.4 is 5.73 Å². The van der Waals surface area contributed by atoms with Gasteiger partial charge in [0.1, 0.15) is 0 Å². The van der Waals surface area contributed by atoms with Gasteiger partial charge in [-0.1, -0.05) is 23.7 Å². The number of rotatable bonds is 6. The van der Waals surface area contributed by atoms with Crippen molar-refractivity contribution < 1.29 is 9.84 Å². The van der Waals surface area contributed by atoms with Crippen molar-refractivity contribution in [3.8, 4) is 0 Å². The first-order valence-corrected chi connectivity index (χ1v) is 7.83.